The summed E-state index contributed by atoms with van der Waals surface area (Å²) in [6.45, 7) is 3.37. The van der Waals surface area contributed by atoms with Gasteiger partial charge >= 0.3 is 0 Å². The quantitative estimate of drug-likeness (QED) is 0.163. The lowest BCUT2D eigenvalue weighted by atomic mass is 10.2. The Hall–Kier alpha value is -4.32. The van der Waals surface area contributed by atoms with Crippen molar-refractivity contribution in [3.63, 3.8) is 0 Å². The van der Waals surface area contributed by atoms with Gasteiger partial charge in [0, 0.05) is 43.9 Å². The number of nitrogens with one attached hydrogen (secondary N) is 2. The van der Waals surface area contributed by atoms with Crippen LogP contribution < -0.4 is 22.2 Å². The molecule has 0 saturated carbocycles. The smallest absolute Gasteiger partial charge is 0.273 e. The van der Waals surface area contributed by atoms with Crippen LogP contribution in [-0.2, 0) is 24.3 Å². The first kappa shape index (κ1) is 25.3. The molecule has 0 saturated heterocycles. The maximum atomic E-state index is 12.3. The van der Waals surface area contributed by atoms with Gasteiger partial charge in [-0.2, -0.15) is 0 Å². The van der Waals surface area contributed by atoms with E-state index in [1.807, 2.05) is 25.1 Å². The summed E-state index contributed by atoms with van der Waals surface area (Å²) >= 11 is 0. The summed E-state index contributed by atoms with van der Waals surface area (Å²) in [5.74, 6) is 5.56. The number of unbranched alkanes of at least 4 members (excludes halogenated alkanes) is 1. The van der Waals surface area contributed by atoms with Crippen molar-refractivity contribution in [3.05, 3.63) is 83.6 Å². The van der Waals surface area contributed by atoms with Crippen molar-refractivity contribution < 1.29 is 9.59 Å². The van der Waals surface area contributed by atoms with E-state index >= 15 is 0 Å². The van der Waals surface area contributed by atoms with E-state index in [0.29, 0.717) is 19.6 Å². The standard InChI is InChI=1S/C23H30N10O2/c1-17-6-7-19(13-27-17)14-28-23(35)20-15-33(31-30-20)10-3-2-9-32(25)16-21(24)29-22(34)11-18-5-4-8-26-12-18/h4-8,12-13,15-16H,2-3,9-11,14,24-25H2,1H3,(H,28,35)(H,29,34)/b21-16+. The van der Waals surface area contributed by atoms with E-state index in [0.717, 1.165) is 29.7 Å². The van der Waals surface area contributed by atoms with E-state index in [4.69, 9.17) is 11.6 Å². The molecule has 2 amide bonds. The highest BCUT2D eigenvalue weighted by molar-refractivity contribution is 5.91. The van der Waals surface area contributed by atoms with Crippen molar-refractivity contribution in [3.8, 4) is 0 Å². The summed E-state index contributed by atoms with van der Waals surface area (Å²) in [5.41, 5.74) is 8.72. The molecule has 0 radical (unpaired) electrons. The lowest BCUT2D eigenvalue weighted by Crippen LogP contribution is -2.34. The van der Waals surface area contributed by atoms with Gasteiger partial charge in [0.2, 0.25) is 5.91 Å². The highest BCUT2D eigenvalue weighted by atomic mass is 16.2. The molecule has 0 aliphatic rings. The average Bonchev–Trinajstić information content (AvgIpc) is 3.31. The molecule has 0 aliphatic heterocycles. The zero-order valence-electron chi connectivity index (χ0n) is 19.6. The molecule has 6 N–H and O–H groups in total. The number of aromatic nitrogens is 5. The Kier molecular flexibility index (Phi) is 9.25. The number of carbonyl (C=O) groups is 2. The molecule has 3 heterocycles. The van der Waals surface area contributed by atoms with Crippen LogP contribution in [0.15, 0.2) is 61.1 Å². The molecule has 12 nitrogen and oxygen atoms in total. The van der Waals surface area contributed by atoms with E-state index in [9.17, 15) is 9.59 Å². The summed E-state index contributed by atoms with van der Waals surface area (Å²) in [6, 6.07) is 7.39. The van der Waals surface area contributed by atoms with E-state index in [1.54, 1.807) is 35.5 Å². The molecule has 0 unspecified atom stereocenters. The molecule has 0 atom stereocenters. The Morgan fingerprint density at radius 1 is 1.17 bits per heavy atom. The van der Waals surface area contributed by atoms with Gasteiger partial charge in [-0.3, -0.25) is 24.2 Å². The Morgan fingerprint density at radius 2 is 2.03 bits per heavy atom. The molecule has 0 bridgehead atoms. The molecule has 0 fully saturated rings. The third kappa shape index (κ3) is 8.85. The first-order valence-corrected chi connectivity index (χ1v) is 11.2. The minimum Gasteiger partial charge on any atom is -0.384 e. The van der Waals surface area contributed by atoms with Crippen molar-refractivity contribution in [1.82, 2.24) is 40.6 Å². The van der Waals surface area contributed by atoms with Crippen molar-refractivity contribution in [2.45, 2.75) is 39.3 Å². The zero-order chi connectivity index (χ0) is 25.0. The minimum atomic E-state index is -0.295. The monoisotopic (exact) mass is 478 g/mol. The van der Waals surface area contributed by atoms with Gasteiger partial charge in [0.15, 0.2) is 5.69 Å². The SMILES string of the molecule is Cc1ccc(CNC(=O)c2cn(CCCCN(N)/C=C(\N)NC(=O)Cc3cccnc3)nn2)cn1. The van der Waals surface area contributed by atoms with Gasteiger partial charge in [-0.1, -0.05) is 17.3 Å². The number of carbonyl (C=O) groups excluding carboxylic acids is 2. The number of amides is 2. The highest BCUT2D eigenvalue weighted by Gasteiger charge is 2.11. The normalized spacial score (nSPS) is 11.2. The molecular formula is C23H30N10O2. The molecule has 0 aromatic carbocycles. The fraction of sp³-hybridized carbons (Fsp3) is 0.304. The Balaban J connectivity index is 1.33. The van der Waals surface area contributed by atoms with Crippen molar-refractivity contribution in [2.24, 2.45) is 11.6 Å². The van der Waals surface area contributed by atoms with Crippen LogP contribution in [0.25, 0.3) is 0 Å². The van der Waals surface area contributed by atoms with Crippen molar-refractivity contribution in [1.29, 1.82) is 0 Å². The third-order valence-electron chi connectivity index (χ3n) is 4.93. The van der Waals surface area contributed by atoms with Gasteiger partial charge in [0.1, 0.15) is 5.82 Å². The Morgan fingerprint density at radius 3 is 2.77 bits per heavy atom. The van der Waals surface area contributed by atoms with Gasteiger partial charge in [-0.25, -0.2) is 5.84 Å². The van der Waals surface area contributed by atoms with Gasteiger partial charge < -0.3 is 21.4 Å². The summed E-state index contributed by atoms with van der Waals surface area (Å²) in [6.07, 6.45) is 9.76. The second kappa shape index (κ2) is 12.8. The first-order valence-electron chi connectivity index (χ1n) is 11.2. The largest absolute Gasteiger partial charge is 0.384 e. The van der Waals surface area contributed by atoms with Crippen LogP contribution >= 0.6 is 0 Å². The summed E-state index contributed by atoms with van der Waals surface area (Å²) in [4.78, 5) is 32.5. The predicted octanol–water partition coefficient (Wildman–Crippen LogP) is 0.379. The molecule has 184 valence electrons. The van der Waals surface area contributed by atoms with E-state index in [-0.39, 0.29) is 29.8 Å². The molecule has 3 aromatic heterocycles. The predicted molar refractivity (Wildman–Crippen MR) is 129 cm³/mol. The maximum Gasteiger partial charge on any atom is 0.273 e. The Bertz CT molecular complexity index is 1130. The zero-order valence-corrected chi connectivity index (χ0v) is 19.6. The van der Waals surface area contributed by atoms with E-state index in [2.05, 4.69) is 30.9 Å². The molecule has 0 aliphatic carbocycles. The second-order valence-electron chi connectivity index (χ2n) is 7.97. The van der Waals surface area contributed by atoms with E-state index < -0.39 is 0 Å². The van der Waals surface area contributed by atoms with Crippen LogP contribution in [0.1, 0.15) is 40.2 Å². The topological polar surface area (TPSA) is 170 Å². The lowest BCUT2D eigenvalue weighted by Gasteiger charge is -2.15. The molecule has 0 spiro atoms. The maximum absolute atomic E-state index is 12.3. The molecule has 12 heteroatoms. The highest BCUT2D eigenvalue weighted by Crippen LogP contribution is 2.02. The summed E-state index contributed by atoms with van der Waals surface area (Å²) < 4.78 is 1.62. The fourth-order valence-electron chi connectivity index (χ4n) is 3.12. The average molecular weight is 479 g/mol. The number of hydrogen-bond donors (Lipinski definition) is 4. The van der Waals surface area contributed by atoms with Crippen LogP contribution in [0.3, 0.4) is 0 Å². The van der Waals surface area contributed by atoms with Gasteiger partial charge in [-0.15, -0.1) is 5.10 Å². The van der Waals surface area contributed by atoms with Crippen LogP contribution in [0, 0.1) is 6.92 Å². The minimum absolute atomic E-state index is 0.162. The van der Waals surface area contributed by atoms with Crippen LogP contribution in [0.4, 0.5) is 0 Å². The lowest BCUT2D eigenvalue weighted by molar-refractivity contribution is -0.119. The van der Waals surface area contributed by atoms with Gasteiger partial charge in [-0.05, 0) is 43.0 Å². The van der Waals surface area contributed by atoms with Crippen molar-refractivity contribution >= 4 is 11.8 Å². The summed E-state index contributed by atoms with van der Waals surface area (Å²) in [7, 11) is 0. The van der Waals surface area contributed by atoms with Crippen LogP contribution in [0.2, 0.25) is 0 Å². The number of pyridine rings is 2. The number of hydrogen-bond acceptors (Lipinski definition) is 9. The van der Waals surface area contributed by atoms with Crippen molar-refractivity contribution in [2.75, 3.05) is 6.54 Å². The first-order chi connectivity index (χ1) is 16.9. The van der Waals surface area contributed by atoms with Crippen LogP contribution in [-0.4, -0.2) is 48.3 Å². The summed E-state index contributed by atoms with van der Waals surface area (Å²) in [5, 5.41) is 14.8. The van der Waals surface area contributed by atoms with Gasteiger partial charge in [0.25, 0.3) is 5.91 Å². The Labute approximate surface area is 203 Å². The second-order valence-corrected chi connectivity index (χ2v) is 7.97. The van der Waals surface area contributed by atoms with E-state index in [1.165, 1.54) is 11.2 Å². The number of hydrazine groups is 1. The van der Waals surface area contributed by atoms with Crippen LogP contribution in [0.5, 0.6) is 0 Å². The molecule has 3 aromatic rings. The number of nitrogens with two attached hydrogens (primary N) is 2. The van der Waals surface area contributed by atoms with Gasteiger partial charge in [0.05, 0.1) is 18.8 Å². The molecule has 35 heavy (non-hydrogen) atoms. The third-order valence-corrected chi connectivity index (χ3v) is 4.93. The number of rotatable bonds is 12. The number of aryl methyl sites for hydroxylation is 2. The molecule has 3 rings (SSSR count). The fourth-order valence-corrected chi connectivity index (χ4v) is 3.12. The molecular weight excluding hydrogens is 448 g/mol. The number of nitrogens with zero attached hydrogens (tertiary/aromatic N) is 6.